The Morgan fingerprint density at radius 2 is 1.96 bits per heavy atom. The van der Waals surface area contributed by atoms with E-state index in [0.717, 1.165) is 39.8 Å². The van der Waals surface area contributed by atoms with Gasteiger partial charge >= 0.3 is 0 Å². The smallest absolute Gasteiger partial charge is 0.230 e. The van der Waals surface area contributed by atoms with Crippen LogP contribution in [-0.2, 0) is 24.1 Å². The van der Waals surface area contributed by atoms with Crippen LogP contribution >= 0.6 is 22.9 Å². The molecule has 3 nitrogen and oxygen atoms in total. The molecule has 0 aliphatic rings. The van der Waals surface area contributed by atoms with Gasteiger partial charge in [0.2, 0.25) is 5.91 Å². The average Bonchev–Trinajstić information content (AvgIpc) is 3.02. The first-order valence-electron chi connectivity index (χ1n) is 8.19. The molecule has 1 N–H and O–H groups in total. The maximum absolute atomic E-state index is 12.2. The molecular formula is C20H19ClN2OS. The molecule has 5 heteroatoms. The summed E-state index contributed by atoms with van der Waals surface area (Å²) in [6, 6.07) is 15.7. The lowest BCUT2D eigenvalue weighted by molar-refractivity contribution is -0.115. The summed E-state index contributed by atoms with van der Waals surface area (Å²) in [6.07, 6.45) is 2.00. The molecular weight excluding hydrogens is 352 g/mol. The fraction of sp³-hybridized carbons (Fsp3) is 0.200. The zero-order valence-electron chi connectivity index (χ0n) is 14.0. The summed E-state index contributed by atoms with van der Waals surface area (Å²) < 4.78 is 0. The van der Waals surface area contributed by atoms with Crippen LogP contribution < -0.4 is 5.32 Å². The summed E-state index contributed by atoms with van der Waals surface area (Å²) in [5.41, 5.74) is 3.98. The summed E-state index contributed by atoms with van der Waals surface area (Å²) in [6.45, 7) is 2.11. The highest BCUT2D eigenvalue weighted by atomic mass is 35.5. The predicted molar refractivity (Wildman–Crippen MR) is 105 cm³/mol. The lowest BCUT2D eigenvalue weighted by atomic mass is 10.1. The Hall–Kier alpha value is -2.17. The van der Waals surface area contributed by atoms with Crippen LogP contribution in [0.3, 0.4) is 0 Å². The molecule has 3 aromatic rings. The van der Waals surface area contributed by atoms with Crippen molar-refractivity contribution in [2.45, 2.75) is 26.2 Å². The number of thiazole rings is 1. The van der Waals surface area contributed by atoms with E-state index in [1.54, 1.807) is 11.3 Å². The number of carbonyl (C=O) groups excluding carboxylic acids is 1. The van der Waals surface area contributed by atoms with Gasteiger partial charge in [-0.05, 0) is 41.8 Å². The van der Waals surface area contributed by atoms with Crippen LogP contribution in [0.4, 0.5) is 5.69 Å². The number of benzene rings is 2. The molecule has 1 heterocycles. The normalized spacial score (nSPS) is 10.6. The van der Waals surface area contributed by atoms with Crippen molar-refractivity contribution in [3.05, 3.63) is 80.8 Å². The van der Waals surface area contributed by atoms with Crippen LogP contribution in [0.1, 0.15) is 28.8 Å². The van der Waals surface area contributed by atoms with Crippen molar-refractivity contribution < 1.29 is 4.79 Å². The minimum absolute atomic E-state index is 0.0520. The molecule has 0 atom stereocenters. The van der Waals surface area contributed by atoms with E-state index in [1.807, 2.05) is 53.9 Å². The Morgan fingerprint density at radius 3 is 2.68 bits per heavy atom. The summed E-state index contributed by atoms with van der Waals surface area (Å²) in [5.74, 6) is -0.0520. The van der Waals surface area contributed by atoms with Gasteiger partial charge in [0.15, 0.2) is 0 Å². The van der Waals surface area contributed by atoms with Gasteiger partial charge < -0.3 is 5.32 Å². The maximum atomic E-state index is 12.2. The molecule has 0 radical (unpaired) electrons. The predicted octanol–water partition coefficient (Wildman–Crippen LogP) is 5.13. The minimum atomic E-state index is -0.0520. The number of hydrogen-bond donors (Lipinski definition) is 1. The molecule has 1 aromatic heterocycles. The van der Waals surface area contributed by atoms with Crippen molar-refractivity contribution in [3.63, 3.8) is 0 Å². The Labute approximate surface area is 156 Å². The van der Waals surface area contributed by atoms with E-state index in [2.05, 4.69) is 17.2 Å². The van der Waals surface area contributed by atoms with Crippen molar-refractivity contribution in [2.75, 3.05) is 5.32 Å². The monoisotopic (exact) mass is 370 g/mol. The average molecular weight is 371 g/mol. The van der Waals surface area contributed by atoms with Crippen molar-refractivity contribution in [2.24, 2.45) is 0 Å². The largest absolute Gasteiger partial charge is 0.326 e. The Balaban J connectivity index is 1.57. The van der Waals surface area contributed by atoms with Crippen molar-refractivity contribution in [1.82, 2.24) is 4.98 Å². The molecule has 0 aliphatic heterocycles. The van der Waals surface area contributed by atoms with E-state index < -0.39 is 0 Å². The van der Waals surface area contributed by atoms with E-state index in [9.17, 15) is 4.79 Å². The summed E-state index contributed by atoms with van der Waals surface area (Å²) in [7, 11) is 0. The number of amides is 1. The zero-order valence-corrected chi connectivity index (χ0v) is 15.5. The van der Waals surface area contributed by atoms with Crippen molar-refractivity contribution in [1.29, 1.82) is 0 Å². The fourth-order valence-corrected chi connectivity index (χ4v) is 3.57. The van der Waals surface area contributed by atoms with E-state index in [0.29, 0.717) is 0 Å². The summed E-state index contributed by atoms with van der Waals surface area (Å²) in [4.78, 5) is 16.7. The van der Waals surface area contributed by atoms with Gasteiger partial charge in [-0.15, -0.1) is 11.3 Å². The standard InChI is InChI=1S/C20H19ClN2OS/c1-2-14-6-8-17(9-7-14)22-19(24)12-18-13-25-20(23-18)11-15-4-3-5-16(21)10-15/h3-10,13H,2,11-12H2,1H3,(H,22,24). The molecule has 0 spiro atoms. The number of carbonyl (C=O) groups is 1. The van der Waals surface area contributed by atoms with Gasteiger partial charge in [-0.1, -0.05) is 42.8 Å². The van der Waals surface area contributed by atoms with Crippen LogP contribution in [0.2, 0.25) is 5.02 Å². The van der Waals surface area contributed by atoms with E-state index in [4.69, 9.17) is 11.6 Å². The number of aromatic nitrogens is 1. The molecule has 0 bridgehead atoms. The third-order valence-electron chi connectivity index (χ3n) is 3.83. The van der Waals surface area contributed by atoms with Gasteiger partial charge in [0.05, 0.1) is 17.1 Å². The third kappa shape index (κ3) is 5.15. The van der Waals surface area contributed by atoms with E-state index in [-0.39, 0.29) is 12.3 Å². The topological polar surface area (TPSA) is 42.0 Å². The van der Waals surface area contributed by atoms with Crippen LogP contribution in [0, 0.1) is 0 Å². The second-order valence-corrected chi connectivity index (χ2v) is 7.19. The molecule has 1 amide bonds. The first-order chi connectivity index (χ1) is 12.1. The highest BCUT2D eigenvalue weighted by Gasteiger charge is 2.09. The van der Waals surface area contributed by atoms with Crippen LogP contribution in [0.15, 0.2) is 53.9 Å². The van der Waals surface area contributed by atoms with Gasteiger partial charge in [-0.3, -0.25) is 4.79 Å². The van der Waals surface area contributed by atoms with Crippen molar-refractivity contribution in [3.8, 4) is 0 Å². The number of nitrogens with zero attached hydrogens (tertiary/aromatic N) is 1. The van der Waals surface area contributed by atoms with Gasteiger partial charge in [0.1, 0.15) is 0 Å². The van der Waals surface area contributed by atoms with Crippen LogP contribution in [0.5, 0.6) is 0 Å². The van der Waals surface area contributed by atoms with Crippen LogP contribution in [-0.4, -0.2) is 10.9 Å². The minimum Gasteiger partial charge on any atom is -0.326 e. The molecule has 2 aromatic carbocycles. The third-order valence-corrected chi connectivity index (χ3v) is 4.96. The zero-order chi connectivity index (χ0) is 17.6. The second kappa shape index (κ2) is 8.28. The lowest BCUT2D eigenvalue weighted by Crippen LogP contribution is -2.14. The molecule has 0 unspecified atom stereocenters. The number of halogens is 1. The number of anilines is 1. The SMILES string of the molecule is CCc1ccc(NC(=O)Cc2csc(Cc3cccc(Cl)c3)n2)cc1. The van der Waals surface area contributed by atoms with E-state index >= 15 is 0 Å². The fourth-order valence-electron chi connectivity index (χ4n) is 2.53. The summed E-state index contributed by atoms with van der Waals surface area (Å²) in [5, 5.41) is 6.57. The summed E-state index contributed by atoms with van der Waals surface area (Å²) >= 11 is 7.58. The molecule has 3 rings (SSSR count). The number of aryl methyl sites for hydroxylation is 1. The maximum Gasteiger partial charge on any atom is 0.230 e. The quantitative estimate of drug-likeness (QED) is 0.653. The lowest BCUT2D eigenvalue weighted by Gasteiger charge is -2.05. The molecule has 0 saturated heterocycles. The van der Waals surface area contributed by atoms with E-state index in [1.165, 1.54) is 5.56 Å². The highest BCUT2D eigenvalue weighted by Crippen LogP contribution is 2.18. The number of rotatable bonds is 6. The van der Waals surface area contributed by atoms with Gasteiger partial charge in [-0.25, -0.2) is 4.98 Å². The Bertz CT molecular complexity index is 858. The second-order valence-electron chi connectivity index (χ2n) is 5.81. The Morgan fingerprint density at radius 1 is 1.16 bits per heavy atom. The van der Waals surface area contributed by atoms with Crippen molar-refractivity contribution >= 4 is 34.5 Å². The molecule has 0 fully saturated rings. The van der Waals surface area contributed by atoms with Crippen LogP contribution in [0.25, 0.3) is 0 Å². The van der Waals surface area contributed by atoms with Gasteiger partial charge in [0, 0.05) is 22.5 Å². The number of nitrogens with one attached hydrogen (secondary N) is 1. The van der Waals surface area contributed by atoms with Gasteiger partial charge in [-0.2, -0.15) is 0 Å². The Kier molecular flexibility index (Phi) is 5.84. The molecule has 0 saturated carbocycles. The number of hydrogen-bond acceptors (Lipinski definition) is 3. The first-order valence-corrected chi connectivity index (χ1v) is 9.44. The molecule has 25 heavy (non-hydrogen) atoms. The van der Waals surface area contributed by atoms with Gasteiger partial charge in [0.25, 0.3) is 0 Å². The highest BCUT2D eigenvalue weighted by molar-refractivity contribution is 7.09. The molecule has 128 valence electrons. The molecule has 0 aliphatic carbocycles. The first kappa shape index (κ1) is 17.6.